The molecule has 3 fully saturated rings. The van der Waals surface area contributed by atoms with Gasteiger partial charge in [0, 0.05) is 67.0 Å². The summed E-state index contributed by atoms with van der Waals surface area (Å²) in [7, 11) is 3.22. The first-order valence-corrected chi connectivity index (χ1v) is 17.8. The average molecular weight is 732 g/mol. The third-order valence-electron chi connectivity index (χ3n) is 10.1. The van der Waals surface area contributed by atoms with Crippen molar-refractivity contribution in [3.8, 4) is 50.9 Å². The van der Waals surface area contributed by atoms with Crippen LogP contribution in [0.25, 0.3) is 33.5 Å². The lowest BCUT2D eigenvalue weighted by Crippen LogP contribution is -2.66. The SMILES string of the molecule is COc1cc(-c2cccc(-c3cccc(-c4ccc(CN5CC6(CCC(=O)N6)C5)c(OC)n4)c3Cl)c2Cl)ccc1OCCN1CC[C@H](C(=O)O)C1. The summed E-state index contributed by atoms with van der Waals surface area (Å²) >= 11 is 14.2. The molecule has 1 aromatic heterocycles. The zero-order chi connectivity index (χ0) is 35.7. The van der Waals surface area contributed by atoms with Gasteiger partial charge in [-0.15, -0.1) is 0 Å². The van der Waals surface area contributed by atoms with Gasteiger partial charge in [-0.25, -0.2) is 4.98 Å². The molecule has 3 saturated heterocycles. The number of halogens is 2. The van der Waals surface area contributed by atoms with Gasteiger partial charge in [-0.3, -0.25) is 19.4 Å². The molecule has 12 heteroatoms. The molecule has 266 valence electrons. The molecule has 2 N–H and O–H groups in total. The molecule has 10 nitrogen and oxygen atoms in total. The molecule has 4 heterocycles. The molecule has 0 saturated carbocycles. The van der Waals surface area contributed by atoms with Crippen LogP contribution in [0.5, 0.6) is 17.4 Å². The number of carbonyl (C=O) groups excluding carboxylic acids is 1. The number of carboxylic acids is 1. The van der Waals surface area contributed by atoms with Gasteiger partial charge in [-0.05, 0) is 43.1 Å². The number of pyridine rings is 1. The summed E-state index contributed by atoms with van der Waals surface area (Å²) in [5.41, 5.74) is 5.54. The van der Waals surface area contributed by atoms with E-state index in [-0.39, 0.29) is 17.4 Å². The fourth-order valence-electron chi connectivity index (χ4n) is 7.47. The first-order valence-electron chi connectivity index (χ1n) is 17.1. The predicted octanol–water partition coefficient (Wildman–Crippen LogP) is 6.66. The molecule has 1 spiro atoms. The number of methoxy groups -OCH3 is 2. The van der Waals surface area contributed by atoms with Gasteiger partial charge >= 0.3 is 5.97 Å². The molecule has 3 aromatic carbocycles. The zero-order valence-electron chi connectivity index (χ0n) is 28.6. The Morgan fingerprint density at radius 2 is 1.67 bits per heavy atom. The Kier molecular flexibility index (Phi) is 10.1. The quantitative estimate of drug-likeness (QED) is 0.165. The van der Waals surface area contributed by atoms with E-state index in [2.05, 4.69) is 15.1 Å². The van der Waals surface area contributed by atoms with Gasteiger partial charge < -0.3 is 24.6 Å². The lowest BCUT2D eigenvalue weighted by Gasteiger charge is -2.48. The number of aromatic nitrogens is 1. The van der Waals surface area contributed by atoms with Crippen LogP contribution in [-0.2, 0) is 16.1 Å². The van der Waals surface area contributed by atoms with Crippen LogP contribution in [0.4, 0.5) is 0 Å². The third-order valence-corrected chi connectivity index (χ3v) is 11.0. The zero-order valence-corrected chi connectivity index (χ0v) is 30.1. The van der Waals surface area contributed by atoms with Crippen LogP contribution in [0.2, 0.25) is 10.0 Å². The maximum atomic E-state index is 11.7. The van der Waals surface area contributed by atoms with E-state index < -0.39 is 5.97 Å². The van der Waals surface area contributed by atoms with E-state index in [0.29, 0.717) is 72.2 Å². The minimum Gasteiger partial charge on any atom is -0.493 e. The number of carbonyl (C=O) groups is 2. The Hall–Kier alpha value is -4.35. The number of ether oxygens (including phenoxy) is 3. The maximum Gasteiger partial charge on any atom is 0.307 e. The minimum absolute atomic E-state index is 0.0844. The van der Waals surface area contributed by atoms with E-state index >= 15 is 0 Å². The standard InChI is InChI=1S/C39H40Cl2N4O6/c1-49-33-19-24(10-12-32(33)51-18-17-44-16-14-26(21-44)38(47)48)27-5-3-6-28(35(27)40)29-7-4-8-30(36(29)41)31-11-9-25(37(42-31)50-2)20-45-22-39(23-45)15-13-34(46)43-39/h3-12,19,26H,13-18,20-23H2,1-2H3,(H,43,46)(H,47,48)/t26-/m0/s1. The van der Waals surface area contributed by atoms with Crippen LogP contribution >= 0.6 is 23.2 Å². The molecule has 4 aromatic rings. The van der Waals surface area contributed by atoms with Crippen molar-refractivity contribution in [2.24, 2.45) is 5.92 Å². The highest BCUT2D eigenvalue weighted by Crippen LogP contribution is 2.44. The smallest absolute Gasteiger partial charge is 0.307 e. The van der Waals surface area contributed by atoms with Crippen molar-refractivity contribution < 1.29 is 28.9 Å². The van der Waals surface area contributed by atoms with E-state index in [1.807, 2.05) is 66.7 Å². The number of carboxylic acid groups (broad SMARTS) is 1. The summed E-state index contributed by atoms with van der Waals surface area (Å²) in [6, 6.07) is 21.4. The molecule has 7 rings (SSSR count). The lowest BCUT2D eigenvalue weighted by atomic mass is 9.88. The molecule has 51 heavy (non-hydrogen) atoms. The van der Waals surface area contributed by atoms with Gasteiger partial charge in [0.2, 0.25) is 11.8 Å². The van der Waals surface area contributed by atoms with Crippen molar-refractivity contribution in [2.45, 2.75) is 31.3 Å². The summed E-state index contributed by atoms with van der Waals surface area (Å²) in [6.07, 6.45) is 2.14. The molecular formula is C39H40Cl2N4O6. The van der Waals surface area contributed by atoms with E-state index in [0.717, 1.165) is 59.4 Å². The van der Waals surface area contributed by atoms with Gasteiger partial charge in [0.15, 0.2) is 11.5 Å². The van der Waals surface area contributed by atoms with Crippen LogP contribution in [0.15, 0.2) is 66.7 Å². The molecule has 3 aliphatic rings. The van der Waals surface area contributed by atoms with E-state index in [1.54, 1.807) is 14.2 Å². The normalized spacial score (nSPS) is 18.4. The number of likely N-dealkylation sites (tertiary alicyclic amines) is 2. The Balaban J connectivity index is 1.07. The highest BCUT2D eigenvalue weighted by molar-refractivity contribution is 6.39. The number of amides is 1. The first-order chi connectivity index (χ1) is 24.7. The predicted molar refractivity (Wildman–Crippen MR) is 197 cm³/mol. The Labute approximate surface area is 307 Å². The molecule has 0 aliphatic carbocycles. The van der Waals surface area contributed by atoms with Crippen LogP contribution in [0.1, 0.15) is 24.8 Å². The van der Waals surface area contributed by atoms with Crippen molar-refractivity contribution in [1.29, 1.82) is 0 Å². The van der Waals surface area contributed by atoms with Gasteiger partial charge in [0.05, 0.1) is 41.4 Å². The molecule has 1 amide bonds. The molecule has 0 unspecified atom stereocenters. The fourth-order valence-corrected chi connectivity index (χ4v) is 8.13. The fraction of sp³-hybridized carbons (Fsp3) is 0.359. The monoisotopic (exact) mass is 730 g/mol. The van der Waals surface area contributed by atoms with Crippen LogP contribution in [0.3, 0.4) is 0 Å². The van der Waals surface area contributed by atoms with Crippen LogP contribution in [0, 0.1) is 5.92 Å². The van der Waals surface area contributed by atoms with Gasteiger partial charge in [-0.2, -0.15) is 0 Å². The summed E-state index contributed by atoms with van der Waals surface area (Å²) in [4.78, 5) is 32.3. The van der Waals surface area contributed by atoms with E-state index in [1.165, 1.54) is 0 Å². The largest absolute Gasteiger partial charge is 0.493 e. The number of benzene rings is 3. The number of hydrogen-bond acceptors (Lipinski definition) is 8. The maximum absolute atomic E-state index is 11.7. The second kappa shape index (κ2) is 14.7. The van der Waals surface area contributed by atoms with Crippen LogP contribution < -0.4 is 19.5 Å². The second-order valence-corrected chi connectivity index (χ2v) is 14.3. The van der Waals surface area contributed by atoms with E-state index in [9.17, 15) is 14.7 Å². The highest BCUT2D eigenvalue weighted by Gasteiger charge is 2.47. The lowest BCUT2D eigenvalue weighted by molar-refractivity contribution is -0.141. The van der Waals surface area contributed by atoms with E-state index in [4.69, 9.17) is 42.4 Å². The number of nitrogens with zero attached hydrogens (tertiary/aromatic N) is 3. The minimum atomic E-state index is -0.745. The first kappa shape index (κ1) is 35.1. The van der Waals surface area contributed by atoms with Crippen molar-refractivity contribution in [3.63, 3.8) is 0 Å². The Bertz CT molecular complexity index is 1970. The summed E-state index contributed by atoms with van der Waals surface area (Å²) in [5, 5.41) is 13.5. The topological polar surface area (TPSA) is 113 Å². The number of hydrogen-bond donors (Lipinski definition) is 2. The molecule has 1 atom stereocenters. The van der Waals surface area contributed by atoms with Crippen molar-refractivity contribution >= 4 is 35.1 Å². The Morgan fingerprint density at radius 3 is 2.33 bits per heavy atom. The summed E-state index contributed by atoms with van der Waals surface area (Å²) < 4.78 is 17.5. The average Bonchev–Trinajstić information content (AvgIpc) is 3.76. The van der Waals surface area contributed by atoms with Gasteiger partial charge in [0.25, 0.3) is 0 Å². The van der Waals surface area contributed by atoms with Gasteiger partial charge in [-0.1, -0.05) is 71.7 Å². The molecular weight excluding hydrogens is 691 g/mol. The highest BCUT2D eigenvalue weighted by atomic mass is 35.5. The molecule has 0 bridgehead atoms. The number of rotatable bonds is 12. The third kappa shape index (κ3) is 7.23. The molecule has 3 aliphatic heterocycles. The van der Waals surface area contributed by atoms with Crippen molar-refractivity contribution in [1.82, 2.24) is 20.1 Å². The van der Waals surface area contributed by atoms with Crippen LogP contribution in [-0.4, -0.2) is 90.9 Å². The second-order valence-electron chi connectivity index (χ2n) is 13.5. The van der Waals surface area contributed by atoms with Crippen molar-refractivity contribution in [2.75, 3.05) is 53.6 Å². The molecule has 0 radical (unpaired) electrons. The Morgan fingerprint density at radius 1 is 0.941 bits per heavy atom. The number of nitrogens with one attached hydrogen (secondary N) is 1. The number of aliphatic carboxylic acids is 1. The van der Waals surface area contributed by atoms with Crippen molar-refractivity contribution in [3.05, 3.63) is 82.3 Å². The van der Waals surface area contributed by atoms with Gasteiger partial charge in [0.1, 0.15) is 6.61 Å². The summed E-state index contributed by atoms with van der Waals surface area (Å²) in [5.74, 6) is 0.780. The summed E-state index contributed by atoms with van der Waals surface area (Å²) in [6.45, 7) is 4.65.